The minimum atomic E-state index is -0.707. The molecule has 1 heterocycles. The molecule has 228 valence electrons. The van der Waals surface area contributed by atoms with E-state index in [-0.39, 0.29) is 31.6 Å². The van der Waals surface area contributed by atoms with Crippen LogP contribution in [0.3, 0.4) is 0 Å². The van der Waals surface area contributed by atoms with Gasteiger partial charge in [-0.15, -0.1) is 0 Å². The van der Waals surface area contributed by atoms with E-state index in [2.05, 4.69) is 16.7 Å². The van der Waals surface area contributed by atoms with Gasteiger partial charge in [-0.05, 0) is 58.3 Å². The fourth-order valence-electron chi connectivity index (χ4n) is 4.16. The summed E-state index contributed by atoms with van der Waals surface area (Å²) in [5.41, 5.74) is 1.59. The fraction of sp³-hybridized carbons (Fsp3) is 0.600. The number of likely N-dealkylation sites (tertiary alicyclic amines) is 1. The summed E-state index contributed by atoms with van der Waals surface area (Å²) in [6.07, 6.45) is 5.86. The van der Waals surface area contributed by atoms with Gasteiger partial charge in [0, 0.05) is 25.1 Å². The lowest BCUT2D eigenvalue weighted by atomic mass is 10.0. The second-order valence-electron chi connectivity index (χ2n) is 11.0. The number of hydrogen-bond donors (Lipinski definition) is 3. The Kier molecular flexibility index (Phi) is 14.7. The average Bonchev–Trinajstić information content (AvgIpc) is 3.24. The monoisotopic (exact) mass is 591 g/mol. The number of hydrogen-bond acceptors (Lipinski definition) is 8. The number of benzene rings is 1. The molecular formula is C30H45N3O7S. The van der Waals surface area contributed by atoms with Crippen LogP contribution in [0, 0.1) is 6.92 Å². The lowest BCUT2D eigenvalue weighted by molar-refractivity contribution is -0.144. The van der Waals surface area contributed by atoms with Crippen LogP contribution in [0.1, 0.15) is 57.6 Å². The van der Waals surface area contributed by atoms with Gasteiger partial charge in [0.1, 0.15) is 18.7 Å². The lowest BCUT2D eigenvalue weighted by Gasteiger charge is -2.22. The topological polar surface area (TPSA) is 134 Å². The van der Waals surface area contributed by atoms with Crippen molar-refractivity contribution < 1.29 is 33.8 Å². The van der Waals surface area contributed by atoms with Crippen LogP contribution in [0.15, 0.2) is 36.4 Å². The maximum absolute atomic E-state index is 12.4. The molecule has 1 unspecified atom stereocenters. The molecule has 0 saturated carbocycles. The Balaban J connectivity index is 1.53. The van der Waals surface area contributed by atoms with Gasteiger partial charge in [-0.1, -0.05) is 42.0 Å². The molecule has 3 amide bonds. The van der Waals surface area contributed by atoms with Crippen molar-refractivity contribution in [3.8, 4) is 0 Å². The minimum absolute atomic E-state index is 0.0169. The predicted molar refractivity (Wildman–Crippen MR) is 160 cm³/mol. The molecule has 0 aliphatic carbocycles. The van der Waals surface area contributed by atoms with Gasteiger partial charge in [0.05, 0.1) is 18.8 Å². The van der Waals surface area contributed by atoms with Crippen LogP contribution in [0.25, 0.3) is 0 Å². The van der Waals surface area contributed by atoms with E-state index >= 15 is 0 Å². The number of unbranched alkanes of at least 4 members (excludes halogenated alkanes) is 1. The van der Waals surface area contributed by atoms with E-state index in [0.717, 1.165) is 35.5 Å². The molecule has 2 rings (SSSR count). The third-order valence-electron chi connectivity index (χ3n) is 6.10. The normalized spacial score (nSPS) is 16.1. The van der Waals surface area contributed by atoms with Crippen molar-refractivity contribution >= 4 is 35.6 Å². The molecule has 0 aromatic heterocycles. The van der Waals surface area contributed by atoms with Crippen molar-refractivity contribution in [3.63, 3.8) is 0 Å². The molecule has 2 atom stereocenters. The summed E-state index contributed by atoms with van der Waals surface area (Å²) >= 11 is 1.75. The van der Waals surface area contributed by atoms with E-state index < -0.39 is 29.7 Å². The van der Waals surface area contributed by atoms with Gasteiger partial charge in [-0.3, -0.25) is 14.4 Å². The van der Waals surface area contributed by atoms with Gasteiger partial charge in [0.25, 0.3) is 0 Å². The van der Waals surface area contributed by atoms with Gasteiger partial charge < -0.3 is 30.1 Å². The van der Waals surface area contributed by atoms with E-state index in [4.69, 9.17) is 9.47 Å². The molecule has 3 N–H and O–H groups in total. The number of thioether (sulfide) groups is 1. The predicted octanol–water partition coefficient (Wildman–Crippen LogP) is 3.14. The van der Waals surface area contributed by atoms with Crippen LogP contribution >= 0.6 is 11.8 Å². The fourth-order valence-corrected chi connectivity index (χ4v) is 5.10. The highest BCUT2D eigenvalue weighted by atomic mass is 32.2. The number of ether oxygens (including phenoxy) is 2. The number of nitrogens with zero attached hydrogens (tertiary/aromatic N) is 1. The summed E-state index contributed by atoms with van der Waals surface area (Å²) in [6, 6.07) is 8.11. The number of amides is 3. The molecule has 11 heteroatoms. The average molecular weight is 592 g/mol. The molecule has 1 aromatic rings. The Morgan fingerprint density at radius 3 is 2.68 bits per heavy atom. The van der Waals surface area contributed by atoms with E-state index in [1.165, 1.54) is 0 Å². The first-order chi connectivity index (χ1) is 19.4. The molecule has 1 aliphatic rings. The van der Waals surface area contributed by atoms with Crippen LogP contribution < -0.4 is 10.6 Å². The zero-order valence-electron chi connectivity index (χ0n) is 24.6. The molecule has 1 fully saturated rings. The van der Waals surface area contributed by atoms with Crippen molar-refractivity contribution in [1.29, 1.82) is 0 Å². The molecule has 0 spiro atoms. The van der Waals surface area contributed by atoms with Crippen LogP contribution in [-0.4, -0.2) is 89.4 Å². The first kappa shape index (κ1) is 34.2. The van der Waals surface area contributed by atoms with E-state index in [9.17, 15) is 24.3 Å². The quantitative estimate of drug-likeness (QED) is 0.152. The number of carbonyl (C=O) groups is 4. The number of alkyl carbamates (subject to hydrolysis) is 1. The number of aliphatic hydroxyl groups excluding tert-OH is 1. The summed E-state index contributed by atoms with van der Waals surface area (Å²) in [4.78, 5) is 49.3. The second-order valence-corrected chi connectivity index (χ2v) is 12.2. The molecule has 41 heavy (non-hydrogen) atoms. The standard InChI is InChI=1S/C30H45N3O7S/c1-22-8-7-9-23(18-22)19-25(34)12-10-24-11-13-27(36)33(24)14-17-41-16-6-5-15-39-28(37)21-31-26(35)20-32-29(38)40-30(2,3)4/h7-10,12,18,24-25,34H,5-6,11,13-17,19-21H2,1-4H3,(H,31,35)(H,32,38)/b12-10+/t24?,25-/m1/s1. The van der Waals surface area contributed by atoms with Gasteiger partial charge in [-0.2, -0.15) is 11.8 Å². The zero-order chi connectivity index (χ0) is 30.3. The van der Waals surface area contributed by atoms with Crippen molar-refractivity contribution in [1.82, 2.24) is 15.5 Å². The molecule has 10 nitrogen and oxygen atoms in total. The van der Waals surface area contributed by atoms with Crippen LogP contribution in [0.2, 0.25) is 0 Å². The number of aliphatic hydroxyl groups is 1. The van der Waals surface area contributed by atoms with Gasteiger partial charge in [-0.25, -0.2) is 4.79 Å². The zero-order valence-corrected chi connectivity index (χ0v) is 25.5. The molecular weight excluding hydrogens is 546 g/mol. The summed E-state index contributed by atoms with van der Waals surface area (Å²) in [6.45, 7) is 7.53. The highest BCUT2D eigenvalue weighted by Gasteiger charge is 2.28. The van der Waals surface area contributed by atoms with Gasteiger partial charge in [0.2, 0.25) is 11.8 Å². The minimum Gasteiger partial charge on any atom is -0.464 e. The molecule has 1 aliphatic heterocycles. The third-order valence-corrected chi connectivity index (χ3v) is 7.15. The molecule has 1 aromatic carbocycles. The van der Waals surface area contributed by atoms with Gasteiger partial charge >= 0.3 is 12.1 Å². The van der Waals surface area contributed by atoms with Crippen molar-refractivity contribution in [3.05, 3.63) is 47.5 Å². The Labute approximate surface area is 247 Å². The second kappa shape index (κ2) is 17.7. The maximum Gasteiger partial charge on any atom is 0.408 e. The Bertz CT molecular complexity index is 1040. The van der Waals surface area contributed by atoms with E-state index in [1.54, 1.807) is 38.6 Å². The maximum atomic E-state index is 12.4. The molecule has 1 saturated heterocycles. The summed E-state index contributed by atoms with van der Waals surface area (Å²) in [5.74, 6) is 0.775. The highest BCUT2D eigenvalue weighted by molar-refractivity contribution is 7.99. The number of aryl methyl sites for hydroxylation is 1. The highest BCUT2D eigenvalue weighted by Crippen LogP contribution is 2.21. The van der Waals surface area contributed by atoms with E-state index in [1.807, 2.05) is 36.1 Å². The Morgan fingerprint density at radius 2 is 1.95 bits per heavy atom. The first-order valence-corrected chi connectivity index (χ1v) is 15.3. The van der Waals surface area contributed by atoms with Crippen LogP contribution in [0.4, 0.5) is 4.79 Å². The Morgan fingerprint density at radius 1 is 1.17 bits per heavy atom. The SMILES string of the molecule is Cc1cccc(C[C@H](O)/C=C/C2CCC(=O)N2CCSCCCCOC(=O)CNC(=O)CNC(=O)OC(C)(C)C)c1. The lowest BCUT2D eigenvalue weighted by Crippen LogP contribution is -2.41. The van der Waals surface area contributed by atoms with Crippen LogP contribution in [0.5, 0.6) is 0 Å². The smallest absolute Gasteiger partial charge is 0.408 e. The number of esters is 1. The number of carbonyl (C=O) groups excluding carboxylic acids is 4. The summed E-state index contributed by atoms with van der Waals surface area (Å²) in [7, 11) is 0. The Hall–Kier alpha value is -3.05. The van der Waals surface area contributed by atoms with Crippen molar-refractivity contribution in [2.24, 2.45) is 0 Å². The summed E-state index contributed by atoms with van der Waals surface area (Å²) < 4.78 is 10.2. The van der Waals surface area contributed by atoms with Gasteiger partial charge in [0.15, 0.2) is 0 Å². The van der Waals surface area contributed by atoms with Crippen LogP contribution in [-0.2, 0) is 30.3 Å². The summed E-state index contributed by atoms with van der Waals surface area (Å²) in [5, 5.41) is 15.1. The number of rotatable bonds is 16. The first-order valence-electron chi connectivity index (χ1n) is 14.1. The van der Waals surface area contributed by atoms with Crippen molar-refractivity contribution in [2.45, 2.75) is 77.5 Å². The van der Waals surface area contributed by atoms with Crippen molar-refractivity contribution in [2.75, 3.05) is 37.7 Å². The van der Waals surface area contributed by atoms with E-state index in [0.29, 0.717) is 25.8 Å². The number of nitrogens with one attached hydrogen (secondary N) is 2. The molecule has 0 radical (unpaired) electrons. The largest absolute Gasteiger partial charge is 0.464 e. The third kappa shape index (κ3) is 14.9. The molecule has 0 bridgehead atoms.